The Morgan fingerprint density at radius 2 is 1.95 bits per heavy atom. The second-order valence-electron chi connectivity index (χ2n) is 9.44. The molecule has 10 nitrogen and oxygen atoms in total. The van der Waals surface area contributed by atoms with E-state index in [0.717, 1.165) is 24.0 Å². The number of carbonyl (C=O) groups excluding carboxylic acids is 2. The Balaban J connectivity index is 1.42. The van der Waals surface area contributed by atoms with Gasteiger partial charge >= 0.3 is 0 Å². The number of halogens is 1. The van der Waals surface area contributed by atoms with E-state index in [4.69, 9.17) is 20.8 Å². The predicted molar refractivity (Wildman–Crippen MR) is 143 cm³/mol. The molecular weight excluding hydrogens is 520 g/mol. The van der Waals surface area contributed by atoms with E-state index in [1.54, 1.807) is 36.4 Å². The average Bonchev–Trinajstić information content (AvgIpc) is 3.72. The molecule has 3 heterocycles. The van der Waals surface area contributed by atoms with Gasteiger partial charge in [-0.25, -0.2) is 0 Å². The van der Waals surface area contributed by atoms with Crippen molar-refractivity contribution in [3.05, 3.63) is 88.8 Å². The molecule has 0 saturated carbocycles. The molecule has 1 aliphatic rings. The summed E-state index contributed by atoms with van der Waals surface area (Å²) in [6.45, 7) is 2.89. The molecule has 1 fully saturated rings. The van der Waals surface area contributed by atoms with Crippen LogP contribution in [0.5, 0.6) is 0 Å². The first-order valence-corrected chi connectivity index (χ1v) is 13.2. The Bertz CT molecular complexity index is 1380. The second-order valence-corrected chi connectivity index (χ2v) is 9.88. The summed E-state index contributed by atoms with van der Waals surface area (Å²) in [5.41, 5.74) is 2.44. The lowest BCUT2D eigenvalue weighted by Crippen LogP contribution is -2.46. The maximum atomic E-state index is 13.8. The molecule has 0 bridgehead atoms. The van der Waals surface area contributed by atoms with Crippen LogP contribution in [0.15, 0.2) is 71.3 Å². The minimum atomic E-state index is -0.913. The summed E-state index contributed by atoms with van der Waals surface area (Å²) in [6.07, 6.45) is 3.35. The van der Waals surface area contributed by atoms with Crippen LogP contribution in [0.1, 0.15) is 35.8 Å². The molecule has 1 saturated heterocycles. The van der Waals surface area contributed by atoms with Gasteiger partial charge in [-0.15, -0.1) is 10.2 Å². The van der Waals surface area contributed by atoms with E-state index in [2.05, 4.69) is 20.7 Å². The lowest BCUT2D eigenvalue weighted by Gasteiger charge is -2.31. The normalized spacial score (nSPS) is 15.7. The molecule has 39 heavy (non-hydrogen) atoms. The molecule has 1 aliphatic heterocycles. The van der Waals surface area contributed by atoms with Crippen LogP contribution in [0.25, 0.3) is 11.4 Å². The van der Waals surface area contributed by atoms with Gasteiger partial charge in [0, 0.05) is 23.7 Å². The number of hydrogen-bond acceptors (Lipinski definition) is 7. The molecule has 2 atom stereocenters. The van der Waals surface area contributed by atoms with E-state index in [0.29, 0.717) is 35.3 Å². The highest BCUT2D eigenvalue weighted by Gasteiger charge is 2.33. The molecule has 0 spiro atoms. The van der Waals surface area contributed by atoms with Gasteiger partial charge in [-0.05, 0) is 66.9 Å². The molecule has 1 N–H and O–H groups in total. The molecule has 5 rings (SSSR count). The van der Waals surface area contributed by atoms with Crippen molar-refractivity contribution in [1.29, 1.82) is 0 Å². The van der Waals surface area contributed by atoms with Crippen molar-refractivity contribution in [2.24, 2.45) is 0 Å². The number of nitrogens with one attached hydrogen (secondary N) is 1. The van der Waals surface area contributed by atoms with Crippen LogP contribution in [0.4, 0.5) is 0 Å². The highest BCUT2D eigenvalue weighted by molar-refractivity contribution is 6.30. The molecule has 202 valence electrons. The number of hydrogen-bond donors (Lipinski definition) is 1. The lowest BCUT2D eigenvalue weighted by atomic mass is 10.0. The van der Waals surface area contributed by atoms with E-state index in [-0.39, 0.29) is 31.0 Å². The fourth-order valence-corrected chi connectivity index (χ4v) is 4.59. The monoisotopic (exact) mass is 548 g/mol. The fourth-order valence-electron chi connectivity index (χ4n) is 4.47. The van der Waals surface area contributed by atoms with Crippen LogP contribution < -0.4 is 5.32 Å². The van der Waals surface area contributed by atoms with Crippen LogP contribution in [0.2, 0.25) is 5.02 Å². The van der Waals surface area contributed by atoms with Gasteiger partial charge < -0.3 is 19.4 Å². The number of aryl methyl sites for hydroxylation is 1. The number of tetrazole rings is 1. The summed E-state index contributed by atoms with van der Waals surface area (Å²) in [5.74, 6) is 0.231. The van der Waals surface area contributed by atoms with Crippen molar-refractivity contribution in [3.8, 4) is 11.4 Å². The summed E-state index contributed by atoms with van der Waals surface area (Å²) < 4.78 is 11.2. The molecular formula is C28H29ClN6O4. The van der Waals surface area contributed by atoms with Crippen LogP contribution in [-0.2, 0) is 27.4 Å². The van der Waals surface area contributed by atoms with Crippen molar-refractivity contribution in [2.45, 2.75) is 45.0 Å². The molecule has 0 aliphatic carbocycles. The van der Waals surface area contributed by atoms with Gasteiger partial charge in [0.05, 0.1) is 18.9 Å². The maximum absolute atomic E-state index is 13.8. The minimum Gasteiger partial charge on any atom is -0.467 e. The smallest absolute Gasteiger partial charge is 0.247 e. The standard InChI is InChI=1S/C28H29ClN6O4/c1-19-6-8-20(9-7-19)26(28(37)30-16-23-4-2-14-38-23)34(17-24-5-3-15-39-24)25(36)18-35-32-27(31-33-35)21-10-12-22(29)13-11-21/h3,5-13,15,23,26H,2,4,14,16-18H2,1H3,(H,30,37)/t23-,26-/m0/s1. The van der Waals surface area contributed by atoms with Gasteiger partial charge in [0.15, 0.2) is 0 Å². The largest absolute Gasteiger partial charge is 0.467 e. The third-order valence-corrected chi connectivity index (χ3v) is 6.79. The highest BCUT2D eigenvalue weighted by atomic mass is 35.5. The van der Waals surface area contributed by atoms with Crippen LogP contribution in [0, 0.1) is 6.92 Å². The Kier molecular flexibility index (Phi) is 8.33. The zero-order valence-corrected chi connectivity index (χ0v) is 22.3. The molecule has 0 radical (unpaired) electrons. The quantitative estimate of drug-likeness (QED) is 0.319. The number of ether oxygens (including phenoxy) is 1. The van der Waals surface area contributed by atoms with Crippen molar-refractivity contribution >= 4 is 23.4 Å². The maximum Gasteiger partial charge on any atom is 0.247 e. The Labute approximate surface area is 230 Å². The average molecular weight is 549 g/mol. The summed E-state index contributed by atoms with van der Waals surface area (Å²) in [4.78, 5) is 30.2. The number of rotatable bonds is 10. The number of amides is 2. The lowest BCUT2D eigenvalue weighted by molar-refractivity contribution is -0.142. The third kappa shape index (κ3) is 6.71. The van der Waals surface area contributed by atoms with Gasteiger partial charge in [-0.2, -0.15) is 4.80 Å². The molecule has 11 heteroatoms. The SMILES string of the molecule is Cc1ccc([C@@H](C(=O)NC[C@@H]2CCCO2)N(Cc2ccco2)C(=O)Cn2nnc(-c3ccc(Cl)cc3)n2)cc1. The predicted octanol–water partition coefficient (Wildman–Crippen LogP) is 3.96. The van der Waals surface area contributed by atoms with E-state index in [1.807, 2.05) is 31.2 Å². The van der Waals surface area contributed by atoms with Crippen molar-refractivity contribution in [1.82, 2.24) is 30.4 Å². The number of furan rings is 1. The van der Waals surface area contributed by atoms with Gasteiger partial charge in [0.25, 0.3) is 0 Å². The molecule has 2 aromatic carbocycles. The Morgan fingerprint density at radius 1 is 1.15 bits per heavy atom. The first kappa shape index (κ1) is 26.6. The zero-order chi connectivity index (χ0) is 27.2. The first-order chi connectivity index (χ1) is 19.0. The summed E-state index contributed by atoms with van der Waals surface area (Å²) in [7, 11) is 0. The highest BCUT2D eigenvalue weighted by Crippen LogP contribution is 2.26. The van der Waals surface area contributed by atoms with E-state index >= 15 is 0 Å². The Morgan fingerprint density at radius 3 is 2.64 bits per heavy atom. The molecule has 4 aromatic rings. The number of benzene rings is 2. The van der Waals surface area contributed by atoms with Gasteiger partial charge in [-0.1, -0.05) is 41.4 Å². The third-order valence-electron chi connectivity index (χ3n) is 6.54. The number of nitrogens with zero attached hydrogens (tertiary/aromatic N) is 5. The molecule has 0 unspecified atom stereocenters. The van der Waals surface area contributed by atoms with Crippen molar-refractivity contribution in [2.75, 3.05) is 13.2 Å². The summed E-state index contributed by atoms with van der Waals surface area (Å²) in [6, 6.07) is 17.2. The van der Waals surface area contributed by atoms with E-state index in [9.17, 15) is 9.59 Å². The van der Waals surface area contributed by atoms with E-state index in [1.165, 1.54) is 16.0 Å². The zero-order valence-electron chi connectivity index (χ0n) is 21.5. The topological polar surface area (TPSA) is 115 Å². The van der Waals surface area contributed by atoms with Crippen molar-refractivity contribution in [3.63, 3.8) is 0 Å². The summed E-state index contributed by atoms with van der Waals surface area (Å²) >= 11 is 5.98. The second kappa shape index (κ2) is 12.2. The number of carbonyl (C=O) groups is 2. The van der Waals surface area contributed by atoms with Gasteiger partial charge in [-0.3, -0.25) is 9.59 Å². The van der Waals surface area contributed by atoms with E-state index < -0.39 is 6.04 Å². The van der Waals surface area contributed by atoms with Gasteiger partial charge in [0.2, 0.25) is 17.6 Å². The van der Waals surface area contributed by atoms with Crippen LogP contribution in [-0.4, -0.2) is 56.2 Å². The first-order valence-electron chi connectivity index (χ1n) is 12.8. The van der Waals surface area contributed by atoms with Crippen LogP contribution >= 0.6 is 11.6 Å². The van der Waals surface area contributed by atoms with Gasteiger partial charge in [0.1, 0.15) is 18.3 Å². The summed E-state index contributed by atoms with van der Waals surface area (Å²) in [5, 5.41) is 16.1. The minimum absolute atomic E-state index is 0.0347. The van der Waals surface area contributed by atoms with Crippen molar-refractivity contribution < 1.29 is 18.7 Å². The van der Waals surface area contributed by atoms with Crippen LogP contribution in [0.3, 0.4) is 0 Å². The molecule has 2 amide bonds. The number of aromatic nitrogens is 4. The Hall–Kier alpha value is -4.02. The fraction of sp³-hybridized carbons (Fsp3) is 0.321. The molecule has 2 aromatic heterocycles.